The largest absolute Gasteiger partial charge is 0.313 e. The quantitative estimate of drug-likeness (QED) is 0.824. The minimum atomic E-state index is -0.245. The fraction of sp³-hybridized carbons (Fsp3) is 0.385. The number of hydrogen-bond donors (Lipinski definition) is 1. The zero-order chi connectivity index (χ0) is 13.0. The maximum Gasteiger partial charge on any atom is 0.123 e. The molecular weight excluding hydrogens is 231 g/mol. The molecule has 0 fully saturated rings. The normalized spacial score (nSPS) is 10.8. The minimum Gasteiger partial charge on any atom is -0.313 e. The summed E-state index contributed by atoms with van der Waals surface area (Å²) in [6.45, 7) is 3.78. The second-order valence-corrected chi connectivity index (χ2v) is 4.22. The molecule has 0 atom stereocenters. The topological polar surface area (TPSA) is 42.7 Å². The summed E-state index contributed by atoms with van der Waals surface area (Å²) in [5.74, 6) is -0.245. The number of aryl methyl sites for hydroxylation is 1. The Kier molecular flexibility index (Phi) is 4.04. The van der Waals surface area contributed by atoms with Gasteiger partial charge >= 0.3 is 0 Å². The second kappa shape index (κ2) is 5.73. The van der Waals surface area contributed by atoms with Crippen molar-refractivity contribution in [3.8, 4) is 11.3 Å². The van der Waals surface area contributed by atoms with Crippen LogP contribution in [0.2, 0.25) is 0 Å². The average molecular weight is 248 g/mol. The van der Waals surface area contributed by atoms with E-state index in [1.807, 2.05) is 0 Å². The molecule has 2 rings (SSSR count). The van der Waals surface area contributed by atoms with Crippen LogP contribution in [0.5, 0.6) is 0 Å². The highest BCUT2D eigenvalue weighted by Crippen LogP contribution is 2.23. The summed E-state index contributed by atoms with van der Waals surface area (Å²) in [6.07, 6.45) is 2.72. The van der Waals surface area contributed by atoms with Gasteiger partial charge in [0.15, 0.2) is 0 Å². The third kappa shape index (κ3) is 2.73. The predicted octanol–water partition coefficient (Wildman–Crippen LogP) is 2.12. The van der Waals surface area contributed by atoms with E-state index in [-0.39, 0.29) is 5.82 Å². The summed E-state index contributed by atoms with van der Waals surface area (Å²) in [6, 6.07) is 4.82. The number of rotatable bonds is 5. The van der Waals surface area contributed by atoms with Gasteiger partial charge in [0, 0.05) is 19.2 Å². The van der Waals surface area contributed by atoms with E-state index in [1.165, 1.54) is 12.1 Å². The highest BCUT2D eigenvalue weighted by molar-refractivity contribution is 5.63. The molecule has 0 aliphatic heterocycles. The Balaban J connectivity index is 2.32. The molecule has 0 aliphatic carbocycles. The molecule has 1 aromatic heterocycles. The maximum atomic E-state index is 13.4. The number of benzene rings is 1. The van der Waals surface area contributed by atoms with E-state index in [9.17, 15) is 4.39 Å². The number of aromatic nitrogens is 3. The Morgan fingerprint density at radius 3 is 2.89 bits per heavy atom. The van der Waals surface area contributed by atoms with Crippen LogP contribution in [-0.4, -0.2) is 21.5 Å². The van der Waals surface area contributed by atoms with Gasteiger partial charge < -0.3 is 5.32 Å². The lowest BCUT2D eigenvalue weighted by molar-refractivity contribution is 0.624. The van der Waals surface area contributed by atoms with Gasteiger partial charge in [0.25, 0.3) is 0 Å². The van der Waals surface area contributed by atoms with Gasteiger partial charge in [-0.15, -0.1) is 5.10 Å². The Labute approximate surface area is 106 Å². The van der Waals surface area contributed by atoms with Crippen molar-refractivity contribution < 1.29 is 4.39 Å². The van der Waals surface area contributed by atoms with Crippen LogP contribution in [-0.2, 0) is 13.6 Å². The van der Waals surface area contributed by atoms with Crippen LogP contribution in [0.4, 0.5) is 4.39 Å². The standard InChI is InChI=1S/C13H17FN4/c1-3-6-15-8-10-4-5-11(14)7-12(10)13-9-16-17-18(13)2/h4-5,7,9,15H,3,6,8H2,1-2H3. The van der Waals surface area contributed by atoms with Crippen molar-refractivity contribution in [2.45, 2.75) is 19.9 Å². The smallest absolute Gasteiger partial charge is 0.123 e. The molecule has 1 N–H and O–H groups in total. The third-order valence-electron chi connectivity index (χ3n) is 2.80. The van der Waals surface area contributed by atoms with Gasteiger partial charge in [-0.25, -0.2) is 9.07 Å². The fourth-order valence-electron chi connectivity index (χ4n) is 1.87. The zero-order valence-electron chi connectivity index (χ0n) is 10.7. The number of nitrogens with one attached hydrogen (secondary N) is 1. The Bertz CT molecular complexity index is 521. The average Bonchev–Trinajstić information content (AvgIpc) is 2.77. The lowest BCUT2D eigenvalue weighted by atomic mass is 10.0. The summed E-state index contributed by atoms with van der Waals surface area (Å²) in [7, 11) is 1.80. The van der Waals surface area contributed by atoms with Gasteiger partial charge in [-0.1, -0.05) is 18.2 Å². The second-order valence-electron chi connectivity index (χ2n) is 4.22. The number of hydrogen-bond acceptors (Lipinski definition) is 3. The van der Waals surface area contributed by atoms with Crippen LogP contribution in [0.3, 0.4) is 0 Å². The molecule has 0 amide bonds. The molecule has 0 aliphatic rings. The SMILES string of the molecule is CCCNCc1ccc(F)cc1-c1cnnn1C. The molecule has 0 radical (unpaired) electrons. The van der Waals surface area contributed by atoms with Gasteiger partial charge in [0.1, 0.15) is 5.82 Å². The molecule has 4 nitrogen and oxygen atoms in total. The summed E-state index contributed by atoms with van der Waals surface area (Å²) < 4.78 is 15.0. The first kappa shape index (κ1) is 12.7. The van der Waals surface area contributed by atoms with Crippen molar-refractivity contribution in [2.75, 3.05) is 6.54 Å². The van der Waals surface area contributed by atoms with Crippen LogP contribution < -0.4 is 5.32 Å². The molecule has 0 bridgehead atoms. The summed E-state index contributed by atoms with van der Waals surface area (Å²) in [4.78, 5) is 0. The van der Waals surface area contributed by atoms with E-state index in [4.69, 9.17) is 0 Å². The van der Waals surface area contributed by atoms with Gasteiger partial charge in [-0.05, 0) is 30.7 Å². The van der Waals surface area contributed by atoms with Crippen LogP contribution in [0.15, 0.2) is 24.4 Å². The van der Waals surface area contributed by atoms with E-state index in [1.54, 1.807) is 24.0 Å². The van der Waals surface area contributed by atoms with Crippen molar-refractivity contribution in [2.24, 2.45) is 7.05 Å². The van der Waals surface area contributed by atoms with Crippen molar-refractivity contribution in [3.63, 3.8) is 0 Å². The van der Waals surface area contributed by atoms with Crippen molar-refractivity contribution in [1.82, 2.24) is 20.3 Å². The first-order valence-electron chi connectivity index (χ1n) is 6.06. The molecule has 2 aromatic rings. The summed E-state index contributed by atoms with van der Waals surface area (Å²) in [5.41, 5.74) is 2.71. The van der Waals surface area contributed by atoms with Crippen LogP contribution in [0.25, 0.3) is 11.3 Å². The highest BCUT2D eigenvalue weighted by Gasteiger charge is 2.10. The van der Waals surface area contributed by atoms with Crippen LogP contribution in [0.1, 0.15) is 18.9 Å². The van der Waals surface area contributed by atoms with Gasteiger partial charge in [0.05, 0.1) is 11.9 Å². The van der Waals surface area contributed by atoms with Gasteiger partial charge in [0.2, 0.25) is 0 Å². The van der Waals surface area contributed by atoms with Gasteiger partial charge in [-0.2, -0.15) is 0 Å². The Morgan fingerprint density at radius 1 is 1.39 bits per heavy atom. The van der Waals surface area contributed by atoms with Crippen molar-refractivity contribution in [1.29, 1.82) is 0 Å². The Morgan fingerprint density at radius 2 is 2.22 bits per heavy atom. The molecular formula is C13H17FN4. The summed E-state index contributed by atoms with van der Waals surface area (Å²) in [5, 5.41) is 11.0. The first-order chi connectivity index (χ1) is 8.72. The lowest BCUT2D eigenvalue weighted by Gasteiger charge is -2.10. The third-order valence-corrected chi connectivity index (χ3v) is 2.80. The van der Waals surface area contributed by atoms with E-state index < -0.39 is 0 Å². The van der Waals surface area contributed by atoms with E-state index in [0.717, 1.165) is 29.8 Å². The molecule has 1 aromatic carbocycles. The molecule has 0 unspecified atom stereocenters. The molecule has 1 heterocycles. The monoisotopic (exact) mass is 248 g/mol. The fourth-order valence-corrected chi connectivity index (χ4v) is 1.87. The van der Waals surface area contributed by atoms with Gasteiger partial charge in [-0.3, -0.25) is 0 Å². The first-order valence-corrected chi connectivity index (χ1v) is 6.06. The van der Waals surface area contributed by atoms with Crippen LogP contribution >= 0.6 is 0 Å². The van der Waals surface area contributed by atoms with E-state index >= 15 is 0 Å². The number of nitrogens with zero attached hydrogens (tertiary/aromatic N) is 3. The van der Waals surface area contributed by atoms with Crippen LogP contribution in [0, 0.1) is 5.82 Å². The Hall–Kier alpha value is -1.75. The molecule has 0 saturated heterocycles. The molecule has 18 heavy (non-hydrogen) atoms. The maximum absolute atomic E-state index is 13.4. The molecule has 96 valence electrons. The number of halogens is 1. The molecule has 5 heteroatoms. The highest BCUT2D eigenvalue weighted by atomic mass is 19.1. The lowest BCUT2D eigenvalue weighted by Crippen LogP contribution is -2.14. The predicted molar refractivity (Wildman–Crippen MR) is 68.4 cm³/mol. The zero-order valence-corrected chi connectivity index (χ0v) is 10.7. The van der Waals surface area contributed by atoms with E-state index in [0.29, 0.717) is 6.54 Å². The van der Waals surface area contributed by atoms with Crippen molar-refractivity contribution in [3.05, 3.63) is 35.8 Å². The molecule has 0 saturated carbocycles. The van der Waals surface area contributed by atoms with E-state index in [2.05, 4.69) is 22.6 Å². The van der Waals surface area contributed by atoms with Crippen molar-refractivity contribution >= 4 is 0 Å². The minimum absolute atomic E-state index is 0.245. The summed E-state index contributed by atoms with van der Waals surface area (Å²) >= 11 is 0. The molecule has 0 spiro atoms.